The van der Waals surface area contributed by atoms with Crippen LogP contribution in [-0.2, 0) is 17.6 Å². The molecule has 2 aromatic carbocycles. The molecule has 2 aliphatic heterocycles. The lowest BCUT2D eigenvalue weighted by Gasteiger charge is -2.34. The molecule has 29 heavy (non-hydrogen) atoms. The van der Waals surface area contributed by atoms with Crippen molar-refractivity contribution in [3.8, 4) is 11.3 Å². The molecule has 1 saturated heterocycles. The number of morpholine rings is 1. The van der Waals surface area contributed by atoms with Gasteiger partial charge in [-0.15, -0.1) is 0 Å². The Morgan fingerprint density at radius 3 is 2.86 bits per heavy atom. The molecule has 1 N–H and O–H groups in total. The van der Waals surface area contributed by atoms with Crippen LogP contribution < -0.4 is 10.2 Å². The number of benzene rings is 2. The summed E-state index contributed by atoms with van der Waals surface area (Å²) in [4.78, 5) is 12.5. The summed E-state index contributed by atoms with van der Waals surface area (Å²) < 4.78 is 5.64. The third-order valence-corrected chi connectivity index (χ3v) is 6.14. The van der Waals surface area contributed by atoms with E-state index in [2.05, 4.69) is 60.5 Å². The van der Waals surface area contributed by atoms with Gasteiger partial charge in [0.2, 0.25) is 5.95 Å². The van der Waals surface area contributed by atoms with Gasteiger partial charge >= 0.3 is 0 Å². The van der Waals surface area contributed by atoms with Crippen molar-refractivity contribution in [2.45, 2.75) is 32.7 Å². The topological polar surface area (TPSA) is 50.3 Å². The van der Waals surface area contributed by atoms with Gasteiger partial charge in [0.25, 0.3) is 0 Å². The molecule has 0 saturated carbocycles. The van der Waals surface area contributed by atoms with Gasteiger partial charge in [0.1, 0.15) is 0 Å². The first kappa shape index (κ1) is 18.5. The molecule has 3 aromatic rings. The number of aromatic nitrogens is 2. The summed E-state index contributed by atoms with van der Waals surface area (Å²) >= 11 is 0. The summed E-state index contributed by atoms with van der Waals surface area (Å²) in [6.07, 6.45) is 1.92. The van der Waals surface area contributed by atoms with Gasteiger partial charge in [-0.1, -0.05) is 24.3 Å². The molecule has 5 heteroatoms. The standard InChI is InChI=1S/C24H28N4O/c1-16-13-19(14-18-5-3-4-6-20(16)18)23-21-7-9-25-10-8-22(21)26-24(27-23)28-11-12-29-15-17(28)2/h3-6,13-14,17,25H,7-12,15H2,1-2H3. The van der Waals surface area contributed by atoms with E-state index < -0.39 is 0 Å². The van der Waals surface area contributed by atoms with E-state index >= 15 is 0 Å². The Morgan fingerprint density at radius 1 is 1.10 bits per heavy atom. The minimum atomic E-state index is 0.289. The molecule has 5 nitrogen and oxygen atoms in total. The highest BCUT2D eigenvalue weighted by molar-refractivity contribution is 5.90. The molecular weight excluding hydrogens is 360 g/mol. The predicted octanol–water partition coefficient (Wildman–Crippen LogP) is 3.52. The van der Waals surface area contributed by atoms with Crippen molar-refractivity contribution in [2.75, 3.05) is 37.7 Å². The first-order chi connectivity index (χ1) is 14.2. The minimum absolute atomic E-state index is 0.289. The quantitative estimate of drug-likeness (QED) is 0.728. The zero-order chi connectivity index (χ0) is 19.8. The number of fused-ring (bicyclic) bond motifs is 2. The lowest BCUT2D eigenvalue weighted by molar-refractivity contribution is 0.0980. The van der Waals surface area contributed by atoms with Crippen LogP contribution in [0.25, 0.3) is 22.0 Å². The second-order valence-electron chi connectivity index (χ2n) is 8.18. The highest BCUT2D eigenvalue weighted by atomic mass is 16.5. The van der Waals surface area contributed by atoms with Gasteiger partial charge in [-0.25, -0.2) is 9.97 Å². The van der Waals surface area contributed by atoms with Crippen molar-refractivity contribution in [1.29, 1.82) is 0 Å². The average molecular weight is 389 g/mol. The van der Waals surface area contributed by atoms with Crippen LogP contribution in [0.1, 0.15) is 23.7 Å². The average Bonchev–Trinajstić information content (AvgIpc) is 2.99. The summed E-state index contributed by atoms with van der Waals surface area (Å²) in [5.41, 5.74) is 6.08. The number of hydrogen-bond acceptors (Lipinski definition) is 5. The second-order valence-corrected chi connectivity index (χ2v) is 8.18. The van der Waals surface area contributed by atoms with Gasteiger partial charge in [0, 0.05) is 30.6 Å². The Morgan fingerprint density at radius 2 is 1.97 bits per heavy atom. The summed E-state index contributed by atoms with van der Waals surface area (Å²) in [7, 11) is 0. The van der Waals surface area contributed by atoms with Crippen LogP contribution in [0.3, 0.4) is 0 Å². The van der Waals surface area contributed by atoms with E-state index in [0.717, 1.165) is 57.3 Å². The van der Waals surface area contributed by atoms with E-state index in [9.17, 15) is 0 Å². The van der Waals surface area contributed by atoms with E-state index in [0.29, 0.717) is 0 Å². The molecular formula is C24H28N4O. The van der Waals surface area contributed by atoms with Crippen LogP contribution in [-0.4, -0.2) is 48.9 Å². The molecule has 2 aliphatic rings. The maximum absolute atomic E-state index is 5.64. The van der Waals surface area contributed by atoms with Crippen molar-refractivity contribution in [1.82, 2.24) is 15.3 Å². The molecule has 1 aromatic heterocycles. The van der Waals surface area contributed by atoms with E-state index in [1.165, 1.54) is 33.2 Å². The molecule has 0 bridgehead atoms. The van der Waals surface area contributed by atoms with Crippen LogP contribution in [0.2, 0.25) is 0 Å². The highest BCUT2D eigenvalue weighted by Crippen LogP contribution is 2.32. The van der Waals surface area contributed by atoms with Crippen LogP contribution in [0.5, 0.6) is 0 Å². The molecule has 5 rings (SSSR count). The van der Waals surface area contributed by atoms with Crippen molar-refractivity contribution in [2.24, 2.45) is 0 Å². The Balaban J connectivity index is 1.69. The monoisotopic (exact) mass is 388 g/mol. The number of nitrogens with one attached hydrogen (secondary N) is 1. The van der Waals surface area contributed by atoms with E-state index in [-0.39, 0.29) is 6.04 Å². The number of ether oxygens (including phenoxy) is 1. The fourth-order valence-electron chi connectivity index (χ4n) is 4.56. The Hall–Kier alpha value is -2.50. The van der Waals surface area contributed by atoms with Gasteiger partial charge in [-0.05, 0) is 55.3 Å². The van der Waals surface area contributed by atoms with Crippen molar-refractivity contribution >= 4 is 16.7 Å². The van der Waals surface area contributed by atoms with Crippen molar-refractivity contribution in [3.63, 3.8) is 0 Å². The van der Waals surface area contributed by atoms with Crippen LogP contribution >= 0.6 is 0 Å². The van der Waals surface area contributed by atoms with Gasteiger partial charge < -0.3 is 15.0 Å². The molecule has 150 valence electrons. The van der Waals surface area contributed by atoms with Crippen LogP contribution in [0.15, 0.2) is 36.4 Å². The second kappa shape index (κ2) is 7.73. The van der Waals surface area contributed by atoms with Gasteiger partial charge in [0.15, 0.2) is 0 Å². The minimum Gasteiger partial charge on any atom is -0.377 e. The first-order valence-corrected chi connectivity index (χ1v) is 10.7. The third-order valence-electron chi connectivity index (χ3n) is 6.14. The lowest BCUT2D eigenvalue weighted by Crippen LogP contribution is -2.44. The molecule has 1 unspecified atom stereocenters. The molecule has 1 atom stereocenters. The fourth-order valence-corrected chi connectivity index (χ4v) is 4.56. The SMILES string of the molecule is Cc1cc(-c2nc(N3CCOCC3C)nc3c2CCNCC3)cc2ccccc12. The number of nitrogens with zero attached hydrogens (tertiary/aromatic N) is 3. The molecule has 0 amide bonds. The normalized spacial score (nSPS) is 19.8. The maximum atomic E-state index is 5.64. The summed E-state index contributed by atoms with van der Waals surface area (Å²) in [6.45, 7) is 8.63. The number of aryl methyl sites for hydroxylation is 1. The van der Waals surface area contributed by atoms with E-state index in [1.807, 2.05) is 0 Å². The van der Waals surface area contributed by atoms with Gasteiger partial charge in [-0.2, -0.15) is 0 Å². The third kappa shape index (κ3) is 3.49. The van der Waals surface area contributed by atoms with Crippen LogP contribution in [0, 0.1) is 6.92 Å². The number of anilines is 1. The number of rotatable bonds is 2. The van der Waals surface area contributed by atoms with E-state index in [4.69, 9.17) is 14.7 Å². The van der Waals surface area contributed by atoms with Crippen molar-refractivity contribution in [3.05, 3.63) is 53.2 Å². The predicted molar refractivity (Wildman–Crippen MR) is 118 cm³/mol. The zero-order valence-electron chi connectivity index (χ0n) is 17.2. The molecule has 0 radical (unpaired) electrons. The Labute approximate surface area is 172 Å². The van der Waals surface area contributed by atoms with Crippen LogP contribution in [0.4, 0.5) is 5.95 Å². The molecule has 3 heterocycles. The van der Waals surface area contributed by atoms with E-state index in [1.54, 1.807) is 0 Å². The van der Waals surface area contributed by atoms with Crippen molar-refractivity contribution < 1.29 is 4.74 Å². The Kier molecular flexibility index (Phi) is 4.94. The smallest absolute Gasteiger partial charge is 0.226 e. The summed E-state index contributed by atoms with van der Waals surface area (Å²) in [5, 5.41) is 6.09. The highest BCUT2D eigenvalue weighted by Gasteiger charge is 2.25. The largest absolute Gasteiger partial charge is 0.377 e. The Bertz CT molecular complexity index is 1050. The number of hydrogen-bond donors (Lipinski definition) is 1. The molecule has 1 fully saturated rings. The summed E-state index contributed by atoms with van der Waals surface area (Å²) in [5.74, 6) is 0.849. The first-order valence-electron chi connectivity index (χ1n) is 10.7. The fraction of sp³-hybridized carbons (Fsp3) is 0.417. The summed E-state index contributed by atoms with van der Waals surface area (Å²) in [6, 6.07) is 13.5. The van der Waals surface area contributed by atoms with Gasteiger partial charge in [0.05, 0.1) is 30.6 Å². The maximum Gasteiger partial charge on any atom is 0.226 e. The molecule has 0 spiro atoms. The molecule has 0 aliphatic carbocycles. The zero-order valence-corrected chi connectivity index (χ0v) is 17.2. The lowest BCUT2D eigenvalue weighted by atomic mass is 9.96. The van der Waals surface area contributed by atoms with Gasteiger partial charge in [-0.3, -0.25) is 0 Å².